The number of amides is 1. The molecule has 0 aliphatic rings. The highest BCUT2D eigenvalue weighted by Crippen LogP contribution is 2.22. The lowest BCUT2D eigenvalue weighted by atomic mass is 10.2. The number of anilines is 2. The zero-order chi connectivity index (χ0) is 19.2. The molecule has 27 heavy (non-hydrogen) atoms. The molecule has 0 spiro atoms. The Morgan fingerprint density at radius 3 is 2.41 bits per heavy atom. The van der Waals surface area contributed by atoms with Crippen LogP contribution in [-0.4, -0.2) is 46.4 Å². The Kier molecular flexibility index (Phi) is 5.76. The van der Waals surface area contributed by atoms with Crippen molar-refractivity contribution in [2.45, 2.75) is 13.3 Å². The first kappa shape index (κ1) is 18.5. The van der Waals surface area contributed by atoms with Crippen LogP contribution < -0.4 is 4.90 Å². The summed E-state index contributed by atoms with van der Waals surface area (Å²) in [7, 11) is 3.72. The van der Waals surface area contributed by atoms with Gasteiger partial charge in [0.1, 0.15) is 17.3 Å². The number of hydrogen-bond acceptors (Lipinski definition) is 5. The molecule has 0 N–H and O–H groups in total. The van der Waals surface area contributed by atoms with Crippen LogP contribution in [0.4, 0.5) is 11.5 Å². The topological polar surface area (TPSA) is 62.2 Å². The highest BCUT2D eigenvalue weighted by atomic mass is 16.2. The molecule has 1 aromatic carbocycles. The first-order valence-corrected chi connectivity index (χ1v) is 8.83. The first-order chi connectivity index (χ1) is 13.0. The summed E-state index contributed by atoms with van der Waals surface area (Å²) in [6, 6.07) is 15.6. The fourth-order valence-electron chi connectivity index (χ4n) is 2.76. The SMILES string of the molecule is Cc1nc(C(=O)N(C)CCc2ccncc2)cc(N(C)c2ccccc2)n1. The number of likely N-dealkylation sites (N-methyl/N-ethyl adjacent to an activating group) is 1. The van der Waals surface area contributed by atoms with Crippen molar-refractivity contribution in [2.75, 3.05) is 25.5 Å². The molecule has 6 heteroatoms. The van der Waals surface area contributed by atoms with Crippen LogP contribution in [0.1, 0.15) is 21.9 Å². The lowest BCUT2D eigenvalue weighted by Crippen LogP contribution is -2.30. The molecule has 3 rings (SSSR count). The van der Waals surface area contributed by atoms with Gasteiger partial charge in [0.25, 0.3) is 5.91 Å². The largest absolute Gasteiger partial charge is 0.340 e. The quantitative estimate of drug-likeness (QED) is 0.674. The predicted octanol–water partition coefficient (Wildman–Crippen LogP) is 3.26. The zero-order valence-electron chi connectivity index (χ0n) is 15.8. The normalized spacial score (nSPS) is 10.5. The second-order valence-electron chi connectivity index (χ2n) is 6.39. The van der Waals surface area contributed by atoms with Crippen molar-refractivity contribution in [3.05, 3.63) is 78.0 Å². The third-order valence-corrected chi connectivity index (χ3v) is 4.36. The minimum Gasteiger partial charge on any atom is -0.340 e. The maximum absolute atomic E-state index is 12.8. The second kappa shape index (κ2) is 8.40. The molecule has 1 amide bonds. The van der Waals surface area contributed by atoms with Crippen molar-refractivity contribution in [2.24, 2.45) is 0 Å². The number of aromatic nitrogens is 3. The number of hydrogen-bond donors (Lipinski definition) is 0. The van der Waals surface area contributed by atoms with Gasteiger partial charge in [-0.1, -0.05) is 18.2 Å². The minimum absolute atomic E-state index is 0.114. The average Bonchev–Trinajstić information content (AvgIpc) is 2.71. The summed E-state index contributed by atoms with van der Waals surface area (Å²) in [5, 5.41) is 0. The number of nitrogens with zero attached hydrogens (tertiary/aromatic N) is 5. The van der Waals surface area contributed by atoms with Gasteiger partial charge in [-0.3, -0.25) is 9.78 Å². The maximum atomic E-state index is 12.8. The van der Waals surface area contributed by atoms with Gasteiger partial charge >= 0.3 is 0 Å². The van der Waals surface area contributed by atoms with E-state index in [1.54, 1.807) is 37.3 Å². The standard InChI is InChI=1S/C21H23N5O/c1-16-23-19(15-20(24-16)26(3)18-7-5-4-6-8-18)21(27)25(2)14-11-17-9-12-22-13-10-17/h4-10,12-13,15H,11,14H2,1-3H3. The molecule has 0 unspecified atom stereocenters. The van der Waals surface area contributed by atoms with Gasteiger partial charge in [0.2, 0.25) is 0 Å². The van der Waals surface area contributed by atoms with Gasteiger partial charge in [0.15, 0.2) is 0 Å². The van der Waals surface area contributed by atoms with Gasteiger partial charge in [0.05, 0.1) is 0 Å². The van der Waals surface area contributed by atoms with Crippen LogP contribution in [0, 0.1) is 6.92 Å². The first-order valence-electron chi connectivity index (χ1n) is 8.83. The van der Waals surface area contributed by atoms with E-state index < -0.39 is 0 Å². The molecule has 0 atom stereocenters. The molecule has 2 aromatic heterocycles. The third-order valence-electron chi connectivity index (χ3n) is 4.36. The van der Waals surface area contributed by atoms with E-state index in [1.807, 2.05) is 54.4 Å². The second-order valence-corrected chi connectivity index (χ2v) is 6.39. The summed E-state index contributed by atoms with van der Waals surface area (Å²) in [5.41, 5.74) is 2.55. The van der Waals surface area contributed by atoms with E-state index in [-0.39, 0.29) is 5.91 Å². The van der Waals surface area contributed by atoms with E-state index in [0.29, 0.717) is 23.9 Å². The molecule has 0 radical (unpaired) electrons. The lowest BCUT2D eigenvalue weighted by molar-refractivity contribution is 0.0790. The van der Waals surface area contributed by atoms with Gasteiger partial charge in [-0.15, -0.1) is 0 Å². The van der Waals surface area contributed by atoms with E-state index in [2.05, 4.69) is 15.0 Å². The van der Waals surface area contributed by atoms with Crippen molar-refractivity contribution in [1.29, 1.82) is 0 Å². The van der Waals surface area contributed by atoms with Crippen LogP contribution in [0.3, 0.4) is 0 Å². The Morgan fingerprint density at radius 1 is 1.00 bits per heavy atom. The number of carbonyl (C=O) groups is 1. The Labute approximate surface area is 159 Å². The van der Waals surface area contributed by atoms with Crippen molar-refractivity contribution >= 4 is 17.4 Å². The molecule has 0 bridgehead atoms. The van der Waals surface area contributed by atoms with Gasteiger partial charge < -0.3 is 9.80 Å². The summed E-state index contributed by atoms with van der Waals surface area (Å²) in [5.74, 6) is 1.15. The van der Waals surface area contributed by atoms with Crippen molar-refractivity contribution in [1.82, 2.24) is 19.9 Å². The molecular formula is C21H23N5O. The highest BCUT2D eigenvalue weighted by Gasteiger charge is 2.17. The smallest absolute Gasteiger partial charge is 0.272 e. The van der Waals surface area contributed by atoms with Gasteiger partial charge in [-0.2, -0.15) is 0 Å². The molecule has 0 aliphatic heterocycles. The Morgan fingerprint density at radius 2 is 1.70 bits per heavy atom. The highest BCUT2D eigenvalue weighted by molar-refractivity contribution is 5.93. The van der Waals surface area contributed by atoms with Gasteiger partial charge in [0, 0.05) is 44.8 Å². The van der Waals surface area contributed by atoms with Crippen molar-refractivity contribution in [3.63, 3.8) is 0 Å². The van der Waals surface area contributed by atoms with Crippen molar-refractivity contribution < 1.29 is 4.79 Å². The van der Waals surface area contributed by atoms with E-state index in [4.69, 9.17) is 0 Å². The molecule has 3 aromatic rings. The van der Waals surface area contributed by atoms with Crippen LogP contribution >= 0.6 is 0 Å². The third kappa shape index (κ3) is 4.67. The van der Waals surface area contributed by atoms with Crippen LogP contribution in [-0.2, 0) is 6.42 Å². The van der Waals surface area contributed by atoms with Crippen LogP contribution in [0.15, 0.2) is 60.9 Å². The number of benzene rings is 1. The zero-order valence-corrected chi connectivity index (χ0v) is 15.8. The molecule has 138 valence electrons. The summed E-state index contributed by atoms with van der Waals surface area (Å²) in [6.45, 7) is 2.41. The Hall–Kier alpha value is -3.28. The summed E-state index contributed by atoms with van der Waals surface area (Å²) >= 11 is 0. The fourth-order valence-corrected chi connectivity index (χ4v) is 2.76. The summed E-state index contributed by atoms with van der Waals surface area (Å²) < 4.78 is 0. The van der Waals surface area contributed by atoms with E-state index in [9.17, 15) is 4.79 Å². The molecule has 0 saturated heterocycles. The van der Waals surface area contributed by atoms with Gasteiger partial charge in [-0.25, -0.2) is 9.97 Å². The van der Waals surface area contributed by atoms with Crippen LogP contribution in [0.5, 0.6) is 0 Å². The van der Waals surface area contributed by atoms with Crippen LogP contribution in [0.2, 0.25) is 0 Å². The molecule has 0 aliphatic carbocycles. The Bertz CT molecular complexity index is 899. The number of aryl methyl sites for hydroxylation is 1. The summed E-state index contributed by atoms with van der Waals surface area (Å²) in [4.78, 5) is 29.3. The average molecular weight is 361 g/mol. The Balaban J connectivity index is 1.75. The summed E-state index contributed by atoms with van der Waals surface area (Å²) in [6.07, 6.45) is 4.29. The molecular weight excluding hydrogens is 338 g/mol. The molecule has 0 fully saturated rings. The number of carbonyl (C=O) groups excluding carboxylic acids is 1. The monoisotopic (exact) mass is 361 g/mol. The van der Waals surface area contributed by atoms with E-state index in [1.165, 1.54) is 0 Å². The van der Waals surface area contributed by atoms with Crippen LogP contribution in [0.25, 0.3) is 0 Å². The van der Waals surface area contributed by atoms with Gasteiger partial charge in [-0.05, 0) is 43.2 Å². The van der Waals surface area contributed by atoms with E-state index in [0.717, 1.165) is 17.7 Å². The number of rotatable bonds is 6. The molecule has 6 nitrogen and oxygen atoms in total. The number of para-hydroxylation sites is 1. The fraction of sp³-hybridized carbons (Fsp3) is 0.238. The predicted molar refractivity (Wildman–Crippen MR) is 106 cm³/mol. The lowest BCUT2D eigenvalue weighted by Gasteiger charge is -2.21. The van der Waals surface area contributed by atoms with Crippen molar-refractivity contribution in [3.8, 4) is 0 Å². The molecule has 2 heterocycles. The number of pyridine rings is 1. The minimum atomic E-state index is -0.114. The maximum Gasteiger partial charge on any atom is 0.272 e. The molecule has 0 saturated carbocycles. The van der Waals surface area contributed by atoms with E-state index >= 15 is 0 Å².